The zero-order chi connectivity index (χ0) is 16.2. The van der Waals surface area contributed by atoms with Crippen molar-refractivity contribution < 1.29 is 4.79 Å². The van der Waals surface area contributed by atoms with Crippen LogP contribution < -0.4 is 5.32 Å². The Bertz CT molecular complexity index is 634. The van der Waals surface area contributed by atoms with E-state index < -0.39 is 0 Å². The highest BCUT2D eigenvalue weighted by Gasteiger charge is 2.22. The van der Waals surface area contributed by atoms with Gasteiger partial charge < -0.3 is 5.32 Å². The van der Waals surface area contributed by atoms with Gasteiger partial charge in [0.25, 0.3) is 0 Å². The lowest BCUT2D eigenvalue weighted by Gasteiger charge is -2.23. The summed E-state index contributed by atoms with van der Waals surface area (Å²) in [6, 6.07) is 8.72. The number of carbonyl (C=O) groups is 1. The van der Waals surface area contributed by atoms with Crippen molar-refractivity contribution in [3.63, 3.8) is 0 Å². The van der Waals surface area contributed by atoms with Crippen molar-refractivity contribution in [3.05, 3.63) is 29.3 Å². The fourth-order valence-corrected chi connectivity index (χ4v) is 5.05. The van der Waals surface area contributed by atoms with E-state index in [0.717, 1.165) is 16.3 Å². The van der Waals surface area contributed by atoms with Gasteiger partial charge in [-0.15, -0.1) is 11.3 Å². The van der Waals surface area contributed by atoms with Gasteiger partial charge in [-0.25, -0.2) is 4.98 Å². The number of hydrogen-bond acceptors (Lipinski definition) is 5. The van der Waals surface area contributed by atoms with Crippen LogP contribution >= 0.6 is 23.1 Å². The third-order valence-electron chi connectivity index (χ3n) is 4.26. The van der Waals surface area contributed by atoms with Crippen LogP contribution in [0.25, 0.3) is 10.2 Å². The van der Waals surface area contributed by atoms with Gasteiger partial charge in [-0.2, -0.15) is 11.8 Å². The van der Waals surface area contributed by atoms with Crippen LogP contribution in [0.2, 0.25) is 0 Å². The Balaban J connectivity index is 1.49. The van der Waals surface area contributed by atoms with Crippen LogP contribution in [0.3, 0.4) is 0 Å². The third kappa shape index (κ3) is 4.25. The molecule has 23 heavy (non-hydrogen) atoms. The predicted octanol–water partition coefficient (Wildman–Crippen LogP) is 2.95. The molecule has 0 unspecified atom stereocenters. The minimum Gasteiger partial charge on any atom is -0.354 e. The van der Waals surface area contributed by atoms with E-state index in [1.54, 1.807) is 11.3 Å². The Morgan fingerprint density at radius 2 is 2.30 bits per heavy atom. The number of carbonyl (C=O) groups excluding carboxylic acids is 1. The number of para-hydroxylation sites is 1. The van der Waals surface area contributed by atoms with Gasteiger partial charge in [0.1, 0.15) is 0 Å². The molecule has 2 atom stereocenters. The van der Waals surface area contributed by atoms with E-state index >= 15 is 0 Å². The highest BCUT2D eigenvalue weighted by Crippen LogP contribution is 2.26. The fourth-order valence-electron chi connectivity index (χ4n) is 2.74. The number of rotatable bonds is 6. The lowest BCUT2D eigenvalue weighted by Crippen LogP contribution is -2.41. The minimum atomic E-state index is 0.109. The fraction of sp³-hybridized carbons (Fsp3) is 0.529. The molecule has 3 rings (SSSR count). The number of thioether (sulfide) groups is 1. The number of fused-ring (bicyclic) bond motifs is 1. The summed E-state index contributed by atoms with van der Waals surface area (Å²) in [5.74, 6) is 2.71. The standard InChI is InChI=1S/C17H23N3OS2/c1-12(17-19-14-5-3-4-6-15(14)23-17)9-18-16(21)10-20(2)13-7-8-22-11-13/h3-6,12-13H,7-11H2,1-2H3,(H,18,21)/t12-,13-/m1/s1. The zero-order valence-electron chi connectivity index (χ0n) is 13.6. The number of nitrogens with zero attached hydrogens (tertiary/aromatic N) is 2. The molecule has 0 saturated carbocycles. The summed E-state index contributed by atoms with van der Waals surface area (Å²) in [5, 5.41) is 4.15. The van der Waals surface area contributed by atoms with Gasteiger partial charge in [-0.3, -0.25) is 9.69 Å². The summed E-state index contributed by atoms with van der Waals surface area (Å²) < 4.78 is 1.21. The van der Waals surface area contributed by atoms with Gasteiger partial charge in [0.2, 0.25) is 5.91 Å². The van der Waals surface area contributed by atoms with Gasteiger partial charge in [0.15, 0.2) is 0 Å². The van der Waals surface area contributed by atoms with E-state index in [1.165, 1.54) is 16.9 Å². The molecule has 2 heterocycles. The number of thiazole rings is 1. The van der Waals surface area contributed by atoms with Crippen molar-refractivity contribution in [2.75, 3.05) is 31.6 Å². The number of hydrogen-bond donors (Lipinski definition) is 1. The Morgan fingerprint density at radius 3 is 3.04 bits per heavy atom. The van der Waals surface area contributed by atoms with Gasteiger partial charge in [-0.1, -0.05) is 19.1 Å². The molecule has 0 radical (unpaired) electrons. The number of likely N-dealkylation sites (N-methyl/N-ethyl adjacent to an activating group) is 1. The molecule has 1 amide bonds. The van der Waals surface area contributed by atoms with E-state index in [4.69, 9.17) is 0 Å². The molecule has 124 valence electrons. The lowest BCUT2D eigenvalue weighted by atomic mass is 10.2. The van der Waals surface area contributed by atoms with Crippen molar-refractivity contribution in [1.82, 2.24) is 15.2 Å². The topological polar surface area (TPSA) is 45.2 Å². The van der Waals surface area contributed by atoms with Crippen molar-refractivity contribution in [1.29, 1.82) is 0 Å². The maximum absolute atomic E-state index is 12.1. The SMILES string of the molecule is C[C@H](CNC(=O)CN(C)[C@@H]1CCSC1)c1nc2ccccc2s1. The molecule has 0 aliphatic carbocycles. The summed E-state index contributed by atoms with van der Waals surface area (Å²) >= 11 is 3.69. The van der Waals surface area contributed by atoms with Gasteiger partial charge in [-0.05, 0) is 31.4 Å². The smallest absolute Gasteiger partial charge is 0.234 e. The van der Waals surface area contributed by atoms with Crippen LogP contribution in [-0.4, -0.2) is 53.5 Å². The van der Waals surface area contributed by atoms with Crippen molar-refractivity contribution >= 4 is 39.2 Å². The normalized spacial score (nSPS) is 19.3. The monoisotopic (exact) mass is 349 g/mol. The second kappa shape index (κ2) is 7.64. The third-order valence-corrected chi connectivity index (χ3v) is 6.67. The van der Waals surface area contributed by atoms with Crippen LogP contribution in [0.1, 0.15) is 24.3 Å². The van der Waals surface area contributed by atoms with E-state index in [2.05, 4.69) is 28.2 Å². The Morgan fingerprint density at radius 1 is 1.48 bits per heavy atom. The number of benzene rings is 1. The van der Waals surface area contributed by atoms with Crippen LogP contribution in [0.4, 0.5) is 0 Å². The summed E-state index contributed by atoms with van der Waals surface area (Å²) in [6.07, 6.45) is 1.19. The largest absolute Gasteiger partial charge is 0.354 e. The summed E-state index contributed by atoms with van der Waals surface area (Å²) in [4.78, 5) is 19.0. The first kappa shape index (κ1) is 16.7. The Kier molecular flexibility index (Phi) is 5.56. The number of amides is 1. The maximum Gasteiger partial charge on any atom is 0.234 e. The first-order chi connectivity index (χ1) is 11.1. The van der Waals surface area contributed by atoms with Crippen molar-refractivity contribution in [2.24, 2.45) is 0 Å². The highest BCUT2D eigenvalue weighted by atomic mass is 32.2. The molecule has 1 aromatic heterocycles. The molecule has 2 aromatic rings. The van der Waals surface area contributed by atoms with Crippen LogP contribution in [0, 0.1) is 0 Å². The Labute approximate surface area is 145 Å². The van der Waals surface area contributed by atoms with Crippen LogP contribution in [0.15, 0.2) is 24.3 Å². The molecule has 6 heteroatoms. The molecular formula is C17H23N3OS2. The van der Waals surface area contributed by atoms with Crippen LogP contribution in [-0.2, 0) is 4.79 Å². The second-order valence-corrected chi connectivity index (χ2v) is 8.37. The number of aromatic nitrogens is 1. The summed E-state index contributed by atoms with van der Waals surface area (Å²) in [7, 11) is 2.05. The lowest BCUT2D eigenvalue weighted by molar-refractivity contribution is -0.122. The van der Waals surface area contributed by atoms with E-state index in [-0.39, 0.29) is 11.8 Å². The molecule has 4 nitrogen and oxygen atoms in total. The van der Waals surface area contributed by atoms with Gasteiger partial charge in [0, 0.05) is 24.3 Å². The first-order valence-corrected chi connectivity index (χ1v) is 10.0. The molecule has 1 aliphatic heterocycles. The van der Waals surface area contributed by atoms with E-state index in [1.807, 2.05) is 37.0 Å². The van der Waals surface area contributed by atoms with E-state index in [0.29, 0.717) is 19.1 Å². The molecule has 0 bridgehead atoms. The second-order valence-electron chi connectivity index (χ2n) is 6.16. The molecule has 0 spiro atoms. The van der Waals surface area contributed by atoms with Gasteiger partial charge >= 0.3 is 0 Å². The average Bonchev–Trinajstić information content (AvgIpc) is 3.21. The number of nitrogens with one attached hydrogen (secondary N) is 1. The zero-order valence-corrected chi connectivity index (χ0v) is 15.3. The summed E-state index contributed by atoms with van der Waals surface area (Å²) in [5.41, 5.74) is 1.05. The quantitative estimate of drug-likeness (QED) is 0.871. The molecule has 1 aliphatic rings. The predicted molar refractivity (Wildman–Crippen MR) is 99.4 cm³/mol. The van der Waals surface area contributed by atoms with E-state index in [9.17, 15) is 4.79 Å². The maximum atomic E-state index is 12.1. The van der Waals surface area contributed by atoms with Gasteiger partial charge in [0.05, 0.1) is 21.8 Å². The summed E-state index contributed by atoms with van der Waals surface area (Å²) in [6.45, 7) is 3.25. The molecular weight excluding hydrogens is 326 g/mol. The first-order valence-electron chi connectivity index (χ1n) is 8.03. The van der Waals surface area contributed by atoms with Crippen LogP contribution in [0.5, 0.6) is 0 Å². The molecule has 1 saturated heterocycles. The molecule has 1 N–H and O–H groups in total. The minimum absolute atomic E-state index is 0.109. The molecule has 1 fully saturated rings. The highest BCUT2D eigenvalue weighted by molar-refractivity contribution is 7.99. The molecule has 1 aromatic carbocycles. The Hall–Kier alpha value is -1.11. The van der Waals surface area contributed by atoms with Crippen molar-refractivity contribution in [2.45, 2.75) is 25.3 Å². The average molecular weight is 350 g/mol. The van der Waals surface area contributed by atoms with Crippen molar-refractivity contribution in [3.8, 4) is 0 Å².